The summed E-state index contributed by atoms with van der Waals surface area (Å²) in [5.74, 6) is -1.86. The predicted octanol–water partition coefficient (Wildman–Crippen LogP) is 4.30. The quantitative estimate of drug-likeness (QED) is 0.607. The summed E-state index contributed by atoms with van der Waals surface area (Å²) in [6, 6.07) is 11.0. The van der Waals surface area contributed by atoms with Crippen molar-refractivity contribution < 1.29 is 13.6 Å². The Hall–Kier alpha value is -1.15. The predicted molar refractivity (Wildman–Crippen MR) is 84.9 cm³/mol. The molecule has 0 atom stereocenters. The van der Waals surface area contributed by atoms with Crippen molar-refractivity contribution >= 4 is 45.9 Å². The molecule has 0 saturated heterocycles. The van der Waals surface area contributed by atoms with Crippen LogP contribution in [0.3, 0.4) is 0 Å². The summed E-state index contributed by atoms with van der Waals surface area (Å²) in [5, 5.41) is 2.75. The number of nitrogens with one attached hydrogen (secondary N) is 1. The Kier molecular flexibility index (Phi) is 5.36. The average Bonchev–Trinajstić information content (AvgIpc) is 2.40. The highest BCUT2D eigenvalue weighted by atomic mass is 127. The van der Waals surface area contributed by atoms with Gasteiger partial charge in [0, 0.05) is 14.2 Å². The van der Waals surface area contributed by atoms with Crippen molar-refractivity contribution in [3.05, 3.63) is 57.7 Å². The maximum absolute atomic E-state index is 13.0. The number of thioether (sulfide) groups is 1. The largest absolute Gasteiger partial charge is 0.325 e. The Balaban J connectivity index is 1.90. The van der Waals surface area contributed by atoms with Gasteiger partial charge in [-0.2, -0.15) is 0 Å². The van der Waals surface area contributed by atoms with Gasteiger partial charge in [-0.25, -0.2) is 8.78 Å². The Morgan fingerprint density at radius 2 is 1.95 bits per heavy atom. The van der Waals surface area contributed by atoms with Crippen LogP contribution in [0, 0.1) is 15.2 Å². The maximum Gasteiger partial charge on any atom is 0.234 e. The molecule has 0 aromatic heterocycles. The lowest BCUT2D eigenvalue weighted by atomic mass is 10.3. The minimum absolute atomic E-state index is 0.135. The average molecular weight is 405 g/mol. The van der Waals surface area contributed by atoms with E-state index >= 15 is 0 Å². The van der Waals surface area contributed by atoms with Gasteiger partial charge in [-0.1, -0.05) is 6.07 Å². The molecule has 0 fully saturated rings. The van der Waals surface area contributed by atoms with E-state index in [1.165, 1.54) is 6.07 Å². The zero-order valence-electron chi connectivity index (χ0n) is 10.2. The summed E-state index contributed by atoms with van der Waals surface area (Å²) in [6.45, 7) is 0. The van der Waals surface area contributed by atoms with E-state index in [0.29, 0.717) is 10.6 Å². The van der Waals surface area contributed by atoms with Gasteiger partial charge >= 0.3 is 0 Å². The molecule has 6 heteroatoms. The number of carbonyl (C=O) groups excluding carboxylic acids is 1. The van der Waals surface area contributed by atoms with Crippen LogP contribution in [-0.2, 0) is 4.79 Å². The van der Waals surface area contributed by atoms with E-state index in [1.54, 1.807) is 6.07 Å². The van der Waals surface area contributed by atoms with E-state index in [0.717, 1.165) is 27.5 Å². The molecule has 1 N–H and O–H groups in total. The maximum atomic E-state index is 13.0. The van der Waals surface area contributed by atoms with Crippen molar-refractivity contribution in [3.63, 3.8) is 0 Å². The number of benzene rings is 2. The molecule has 0 aliphatic carbocycles. The van der Waals surface area contributed by atoms with E-state index in [4.69, 9.17) is 0 Å². The SMILES string of the molecule is O=C(CSc1ccc(F)c(F)c1)Nc1cccc(I)c1. The summed E-state index contributed by atoms with van der Waals surface area (Å²) in [7, 11) is 0. The first-order chi connectivity index (χ1) is 9.54. The normalized spacial score (nSPS) is 10.3. The van der Waals surface area contributed by atoms with Crippen LogP contribution in [0.15, 0.2) is 47.4 Å². The highest BCUT2D eigenvalue weighted by Crippen LogP contribution is 2.21. The fourth-order valence-electron chi connectivity index (χ4n) is 1.48. The van der Waals surface area contributed by atoms with Crippen LogP contribution in [0.2, 0.25) is 0 Å². The van der Waals surface area contributed by atoms with E-state index in [1.807, 2.05) is 18.2 Å². The summed E-state index contributed by atoms with van der Waals surface area (Å²) in [4.78, 5) is 12.3. The molecule has 1 amide bonds. The van der Waals surface area contributed by atoms with Gasteiger partial charge in [0.15, 0.2) is 11.6 Å². The molecule has 104 valence electrons. The molecule has 0 aliphatic heterocycles. The Labute approximate surface area is 133 Å². The molecule has 2 nitrogen and oxygen atoms in total. The fourth-order valence-corrected chi connectivity index (χ4v) is 2.74. The van der Waals surface area contributed by atoms with Crippen molar-refractivity contribution in [2.45, 2.75) is 4.90 Å². The van der Waals surface area contributed by atoms with Gasteiger partial charge in [0.05, 0.1) is 5.75 Å². The van der Waals surface area contributed by atoms with Crippen LogP contribution < -0.4 is 5.32 Å². The minimum Gasteiger partial charge on any atom is -0.325 e. The molecule has 0 radical (unpaired) electrons. The van der Waals surface area contributed by atoms with Gasteiger partial charge in [-0.3, -0.25) is 4.79 Å². The third-order valence-electron chi connectivity index (χ3n) is 2.37. The first kappa shape index (κ1) is 15.2. The molecule has 0 heterocycles. The van der Waals surface area contributed by atoms with E-state index in [-0.39, 0.29) is 11.7 Å². The smallest absolute Gasteiger partial charge is 0.234 e. The highest BCUT2D eigenvalue weighted by molar-refractivity contribution is 14.1. The lowest BCUT2D eigenvalue weighted by Gasteiger charge is -2.06. The van der Waals surface area contributed by atoms with Crippen LogP contribution >= 0.6 is 34.4 Å². The molecule has 0 saturated carbocycles. The van der Waals surface area contributed by atoms with E-state index in [9.17, 15) is 13.6 Å². The Morgan fingerprint density at radius 3 is 2.65 bits per heavy atom. The molecule has 0 spiro atoms. The number of carbonyl (C=O) groups is 1. The minimum atomic E-state index is -0.909. The molecule has 2 rings (SSSR count). The van der Waals surface area contributed by atoms with Gasteiger partial charge in [0.1, 0.15) is 0 Å². The standard InChI is InChI=1S/C14H10F2INOS/c15-12-5-4-11(7-13(12)16)20-8-14(19)18-10-3-1-2-9(17)6-10/h1-7H,8H2,(H,18,19). The van der Waals surface area contributed by atoms with Crippen molar-refractivity contribution in [1.29, 1.82) is 0 Å². The van der Waals surface area contributed by atoms with Gasteiger partial charge in [-0.05, 0) is 59.0 Å². The topological polar surface area (TPSA) is 29.1 Å². The number of halogens is 3. The second-order valence-corrected chi connectivity index (χ2v) is 6.22. The molecule has 20 heavy (non-hydrogen) atoms. The summed E-state index contributed by atoms with van der Waals surface area (Å²) in [5.41, 5.74) is 0.716. The first-order valence-electron chi connectivity index (χ1n) is 5.68. The van der Waals surface area contributed by atoms with Crippen LogP contribution in [0.25, 0.3) is 0 Å². The first-order valence-corrected chi connectivity index (χ1v) is 7.74. The second kappa shape index (κ2) is 7.03. The van der Waals surface area contributed by atoms with Crippen LogP contribution in [0.4, 0.5) is 14.5 Å². The Bertz CT molecular complexity index is 636. The lowest BCUT2D eigenvalue weighted by Crippen LogP contribution is -2.14. The molecular weight excluding hydrogens is 395 g/mol. The number of anilines is 1. The van der Waals surface area contributed by atoms with Crippen LogP contribution in [-0.4, -0.2) is 11.7 Å². The van der Waals surface area contributed by atoms with Gasteiger partial charge in [0.25, 0.3) is 0 Å². The second-order valence-electron chi connectivity index (χ2n) is 3.92. The number of amides is 1. The van der Waals surface area contributed by atoms with Crippen LogP contribution in [0.1, 0.15) is 0 Å². The fraction of sp³-hybridized carbons (Fsp3) is 0.0714. The van der Waals surface area contributed by atoms with Crippen molar-refractivity contribution in [1.82, 2.24) is 0 Å². The van der Waals surface area contributed by atoms with E-state index < -0.39 is 11.6 Å². The number of rotatable bonds is 4. The summed E-state index contributed by atoms with van der Waals surface area (Å²) >= 11 is 3.31. The molecule has 2 aromatic rings. The van der Waals surface area contributed by atoms with Crippen LogP contribution in [0.5, 0.6) is 0 Å². The number of hydrogen-bond donors (Lipinski definition) is 1. The third kappa shape index (κ3) is 4.45. The molecule has 0 bridgehead atoms. The monoisotopic (exact) mass is 405 g/mol. The highest BCUT2D eigenvalue weighted by Gasteiger charge is 2.07. The molecular formula is C14H10F2INOS. The molecule has 0 aliphatic rings. The summed E-state index contributed by atoms with van der Waals surface area (Å²) in [6.07, 6.45) is 0. The third-order valence-corrected chi connectivity index (χ3v) is 4.03. The van der Waals surface area contributed by atoms with Crippen molar-refractivity contribution in [3.8, 4) is 0 Å². The van der Waals surface area contributed by atoms with Gasteiger partial charge in [-0.15, -0.1) is 11.8 Å². The van der Waals surface area contributed by atoms with E-state index in [2.05, 4.69) is 27.9 Å². The van der Waals surface area contributed by atoms with Gasteiger partial charge < -0.3 is 5.32 Å². The van der Waals surface area contributed by atoms with Crippen molar-refractivity contribution in [2.24, 2.45) is 0 Å². The number of hydrogen-bond acceptors (Lipinski definition) is 2. The summed E-state index contributed by atoms with van der Waals surface area (Å²) < 4.78 is 26.8. The zero-order chi connectivity index (χ0) is 14.5. The molecule has 2 aromatic carbocycles. The Morgan fingerprint density at radius 1 is 1.15 bits per heavy atom. The van der Waals surface area contributed by atoms with Crippen molar-refractivity contribution in [2.75, 3.05) is 11.1 Å². The van der Waals surface area contributed by atoms with Gasteiger partial charge in [0.2, 0.25) is 5.91 Å². The zero-order valence-corrected chi connectivity index (χ0v) is 13.2. The lowest BCUT2D eigenvalue weighted by molar-refractivity contribution is -0.113. The molecule has 0 unspecified atom stereocenters.